The summed E-state index contributed by atoms with van der Waals surface area (Å²) in [7, 11) is 0. The van der Waals surface area contributed by atoms with Crippen LogP contribution in [0.5, 0.6) is 0 Å². The SMILES string of the molecule is C=C(C)[C@H]1O[C@H]2CC[C@]3(C)C4(C)C(=Cc5c4[nH]c4ccc6c(c54)[C@@]4(O)[C@@H](C(C)(C)O)C[C@H]4C(=C)C6)CC[C@@]3(O)[C@]23O[C@@H]3[C@H]1O. The fourth-order valence-corrected chi connectivity index (χ4v) is 11.7. The zero-order valence-corrected chi connectivity index (χ0v) is 26.5. The Balaban J connectivity index is 1.22. The maximum absolute atomic E-state index is 13.0. The third-order valence-corrected chi connectivity index (χ3v) is 14.2. The lowest BCUT2D eigenvalue weighted by Crippen LogP contribution is -2.75. The van der Waals surface area contributed by atoms with Crippen LogP contribution in [0.15, 0.2) is 42.0 Å². The van der Waals surface area contributed by atoms with Crippen molar-refractivity contribution in [2.75, 3.05) is 0 Å². The zero-order valence-electron chi connectivity index (χ0n) is 26.5. The summed E-state index contributed by atoms with van der Waals surface area (Å²) in [5.74, 6) is -0.392. The Kier molecular flexibility index (Phi) is 4.97. The van der Waals surface area contributed by atoms with E-state index in [4.69, 9.17) is 9.47 Å². The van der Waals surface area contributed by atoms with E-state index in [1.807, 2.05) is 6.92 Å². The Bertz CT molecular complexity index is 1750. The number of fused-ring (bicyclic) bond motifs is 11. The predicted molar refractivity (Wildman–Crippen MR) is 167 cm³/mol. The summed E-state index contributed by atoms with van der Waals surface area (Å²) in [5, 5.41) is 49.1. The molecule has 3 saturated carbocycles. The van der Waals surface area contributed by atoms with Crippen LogP contribution in [0.1, 0.15) is 89.1 Å². The first-order valence-corrected chi connectivity index (χ1v) is 16.5. The molecule has 2 aromatic rings. The van der Waals surface area contributed by atoms with Gasteiger partial charge in [0.15, 0.2) is 5.60 Å². The van der Waals surface area contributed by atoms with Gasteiger partial charge in [-0.05, 0) is 89.0 Å². The number of ether oxygens (including phenoxy) is 2. The molecule has 2 saturated heterocycles. The van der Waals surface area contributed by atoms with Crippen LogP contribution in [-0.2, 0) is 26.9 Å². The van der Waals surface area contributed by atoms with E-state index in [2.05, 4.69) is 50.2 Å². The van der Waals surface area contributed by atoms with Gasteiger partial charge >= 0.3 is 0 Å². The van der Waals surface area contributed by atoms with E-state index >= 15 is 0 Å². The number of allylic oxidation sites excluding steroid dienone is 1. The molecule has 5 aliphatic carbocycles. The molecule has 0 radical (unpaired) electrons. The van der Waals surface area contributed by atoms with Crippen LogP contribution >= 0.6 is 0 Å². The number of nitrogens with one attached hydrogen (secondary N) is 1. The van der Waals surface area contributed by atoms with Crippen molar-refractivity contribution in [3.63, 3.8) is 0 Å². The number of aliphatic hydroxyl groups is 4. The van der Waals surface area contributed by atoms with E-state index in [9.17, 15) is 20.4 Å². The molecule has 1 spiro atoms. The Hall–Kier alpha value is -2.26. The number of aromatic nitrogens is 1. The summed E-state index contributed by atoms with van der Waals surface area (Å²) >= 11 is 0. The first-order chi connectivity index (χ1) is 20.6. The first-order valence-electron chi connectivity index (χ1n) is 16.5. The van der Waals surface area contributed by atoms with Crippen LogP contribution in [-0.4, -0.2) is 66.6 Å². The van der Waals surface area contributed by atoms with Crippen molar-refractivity contribution >= 4 is 17.0 Å². The van der Waals surface area contributed by atoms with Crippen LogP contribution in [0.25, 0.3) is 17.0 Å². The van der Waals surface area contributed by atoms with Crippen molar-refractivity contribution in [1.29, 1.82) is 0 Å². The molecule has 234 valence electrons. The monoisotopic (exact) mass is 599 g/mol. The van der Waals surface area contributed by atoms with Crippen LogP contribution in [0.3, 0.4) is 0 Å². The van der Waals surface area contributed by atoms with Crippen LogP contribution in [0, 0.1) is 17.3 Å². The topological polar surface area (TPSA) is 118 Å². The number of epoxide rings is 1. The van der Waals surface area contributed by atoms with Gasteiger partial charge in [-0.15, -0.1) is 0 Å². The quantitative estimate of drug-likeness (QED) is 0.252. The average molecular weight is 600 g/mol. The Labute approximate surface area is 258 Å². The number of benzene rings is 1. The fraction of sp³-hybridized carbons (Fsp3) is 0.622. The Morgan fingerprint density at radius 2 is 1.91 bits per heavy atom. The van der Waals surface area contributed by atoms with Gasteiger partial charge in [-0.25, -0.2) is 0 Å². The van der Waals surface area contributed by atoms with Crippen molar-refractivity contribution < 1.29 is 29.9 Å². The highest BCUT2D eigenvalue weighted by Gasteiger charge is 2.85. The van der Waals surface area contributed by atoms with Gasteiger partial charge in [0.25, 0.3) is 0 Å². The molecule has 3 heterocycles. The largest absolute Gasteiger partial charge is 0.390 e. The summed E-state index contributed by atoms with van der Waals surface area (Å²) < 4.78 is 12.9. The zero-order chi connectivity index (χ0) is 31.1. The molecule has 1 aromatic heterocycles. The number of H-pyrrole nitrogens is 1. The van der Waals surface area contributed by atoms with Gasteiger partial charge in [-0.1, -0.05) is 43.4 Å². The van der Waals surface area contributed by atoms with Gasteiger partial charge in [0, 0.05) is 44.8 Å². The summed E-state index contributed by atoms with van der Waals surface area (Å²) in [6, 6.07) is 4.23. The maximum atomic E-state index is 13.0. The highest BCUT2D eigenvalue weighted by molar-refractivity contribution is 5.98. The predicted octanol–water partition coefficient (Wildman–Crippen LogP) is 4.70. The molecule has 44 heavy (non-hydrogen) atoms. The van der Waals surface area contributed by atoms with Crippen LogP contribution in [0.4, 0.5) is 0 Å². The molecule has 11 atom stereocenters. The summed E-state index contributed by atoms with van der Waals surface area (Å²) in [4.78, 5) is 3.82. The van der Waals surface area contributed by atoms with E-state index in [1.165, 1.54) is 5.57 Å². The van der Waals surface area contributed by atoms with Crippen molar-refractivity contribution in [3.05, 3.63) is 64.4 Å². The molecular formula is C37H45NO6. The first kappa shape index (κ1) is 28.0. The second-order valence-electron chi connectivity index (χ2n) is 16.3. The normalized spacial score (nSPS) is 48.1. The third kappa shape index (κ3) is 2.70. The number of rotatable bonds is 2. The molecule has 1 aromatic carbocycles. The second kappa shape index (κ2) is 7.81. The van der Waals surface area contributed by atoms with E-state index in [-0.39, 0.29) is 17.9 Å². The lowest BCUT2D eigenvalue weighted by atomic mass is 9.41. The van der Waals surface area contributed by atoms with Crippen LogP contribution in [0.2, 0.25) is 0 Å². The molecule has 5 N–H and O–H groups in total. The van der Waals surface area contributed by atoms with Crippen molar-refractivity contribution in [1.82, 2.24) is 4.98 Å². The Morgan fingerprint density at radius 1 is 1.16 bits per heavy atom. The molecule has 7 nitrogen and oxygen atoms in total. The van der Waals surface area contributed by atoms with Crippen molar-refractivity contribution in [2.24, 2.45) is 17.3 Å². The van der Waals surface area contributed by atoms with Crippen molar-refractivity contribution in [3.8, 4) is 0 Å². The minimum atomic E-state index is -1.22. The lowest BCUT2D eigenvalue weighted by Gasteiger charge is -2.65. The van der Waals surface area contributed by atoms with Gasteiger partial charge < -0.3 is 34.9 Å². The number of aromatic amines is 1. The van der Waals surface area contributed by atoms with Gasteiger partial charge in [-0.2, -0.15) is 0 Å². The van der Waals surface area contributed by atoms with E-state index < -0.39 is 51.5 Å². The van der Waals surface area contributed by atoms with Gasteiger partial charge in [0.2, 0.25) is 0 Å². The standard InChI is InChI=1S/C37H45NO6/c1-17(2)29-28(39)31-37(44-31)25(43-29)11-12-33(6)34(7)20(10-13-35(33,37)41)15-21-26-23(38-30(21)34)9-8-19-14-18(3)22-16-24(32(4,5)40)36(22,42)27(19)26/h8-9,15,22,24-25,28-29,31,38-42H,1,3,10-14,16H2,2,4-7H3/t22-,24+,25-,28-,29+,31+,33+,34?,35-,36-,37-/m0/s1. The fourth-order valence-electron chi connectivity index (χ4n) is 11.7. The summed E-state index contributed by atoms with van der Waals surface area (Å²) in [6.07, 6.45) is 4.27. The summed E-state index contributed by atoms with van der Waals surface area (Å²) in [6.45, 7) is 18.4. The molecule has 2 aliphatic heterocycles. The molecule has 0 bridgehead atoms. The van der Waals surface area contributed by atoms with E-state index in [0.717, 1.165) is 70.1 Å². The maximum Gasteiger partial charge on any atom is 0.153 e. The highest BCUT2D eigenvalue weighted by Crippen LogP contribution is 2.75. The number of hydrogen-bond acceptors (Lipinski definition) is 6. The van der Waals surface area contributed by atoms with Gasteiger partial charge in [-0.3, -0.25) is 0 Å². The minimum absolute atomic E-state index is 0.0869. The minimum Gasteiger partial charge on any atom is -0.390 e. The van der Waals surface area contributed by atoms with Crippen molar-refractivity contribution in [2.45, 2.75) is 125 Å². The number of aliphatic hydroxyl groups excluding tert-OH is 1. The smallest absolute Gasteiger partial charge is 0.153 e. The average Bonchev–Trinajstić information content (AvgIpc) is 3.51. The molecule has 7 heteroatoms. The number of hydrogen-bond donors (Lipinski definition) is 5. The van der Waals surface area contributed by atoms with Gasteiger partial charge in [0.1, 0.15) is 29.5 Å². The van der Waals surface area contributed by atoms with Gasteiger partial charge in [0.05, 0.1) is 11.7 Å². The summed E-state index contributed by atoms with van der Waals surface area (Å²) in [5.41, 5.74) is 2.68. The third-order valence-electron chi connectivity index (χ3n) is 14.2. The molecular weight excluding hydrogens is 554 g/mol. The highest BCUT2D eigenvalue weighted by atomic mass is 16.7. The van der Waals surface area contributed by atoms with E-state index in [1.54, 1.807) is 13.8 Å². The molecule has 0 amide bonds. The molecule has 9 rings (SSSR count). The molecule has 7 aliphatic rings. The van der Waals surface area contributed by atoms with E-state index in [0.29, 0.717) is 12.8 Å². The molecule has 1 unspecified atom stereocenters. The molecule has 5 fully saturated rings. The van der Waals surface area contributed by atoms with Crippen LogP contribution < -0.4 is 0 Å². The second-order valence-corrected chi connectivity index (χ2v) is 16.3. The Morgan fingerprint density at radius 3 is 2.61 bits per heavy atom. The lowest BCUT2D eigenvalue weighted by molar-refractivity contribution is -0.249.